The lowest BCUT2D eigenvalue weighted by Gasteiger charge is -2.17. The number of ketones is 1. The van der Waals surface area contributed by atoms with E-state index < -0.39 is 30.9 Å². The molecular weight excluding hydrogens is 410 g/mol. The normalized spacial score (nSPS) is 10.2. The maximum absolute atomic E-state index is 12.6. The molecule has 0 aliphatic rings. The highest BCUT2D eigenvalue weighted by Crippen LogP contribution is 2.29. The summed E-state index contributed by atoms with van der Waals surface area (Å²) in [5.41, 5.74) is 6.19. The van der Waals surface area contributed by atoms with Crippen LogP contribution in [0.1, 0.15) is 16.1 Å². The molecule has 164 valence electrons. The monoisotopic (exact) mass is 431 g/mol. The van der Waals surface area contributed by atoms with E-state index in [1.165, 1.54) is 30.1 Å². The number of carbonyl (C=O) groups excluding carboxylic acids is 2. The highest BCUT2D eigenvalue weighted by atomic mass is 16.5. The molecule has 0 spiro atoms. The van der Waals surface area contributed by atoms with Crippen molar-refractivity contribution in [2.24, 2.45) is 0 Å². The number of carbonyl (C=O) groups is 4. The van der Waals surface area contributed by atoms with Crippen LogP contribution in [-0.2, 0) is 20.8 Å². The quantitative estimate of drug-likeness (QED) is 0.425. The van der Waals surface area contributed by atoms with Crippen molar-refractivity contribution in [2.45, 2.75) is 6.42 Å². The van der Waals surface area contributed by atoms with E-state index in [0.29, 0.717) is 5.69 Å². The van der Waals surface area contributed by atoms with Crippen LogP contribution in [0.25, 0.3) is 0 Å². The summed E-state index contributed by atoms with van der Waals surface area (Å²) in [4.78, 5) is 51.7. The molecule has 0 bridgehead atoms. The summed E-state index contributed by atoms with van der Waals surface area (Å²) in [5.74, 6) is -3.15. The Labute approximate surface area is 177 Å². The number of hydrogen-bond acceptors (Lipinski definition) is 8. The number of rotatable bonds is 11. The third-order valence-corrected chi connectivity index (χ3v) is 3.94. The van der Waals surface area contributed by atoms with E-state index in [4.69, 9.17) is 25.4 Å². The summed E-state index contributed by atoms with van der Waals surface area (Å²) >= 11 is 0. The van der Waals surface area contributed by atoms with Gasteiger partial charge in [0.25, 0.3) is 0 Å². The minimum absolute atomic E-state index is 0.0302. The first-order valence-corrected chi connectivity index (χ1v) is 8.97. The number of amides is 1. The second kappa shape index (κ2) is 10.6. The Bertz CT molecular complexity index is 992. The molecule has 0 atom stereocenters. The number of aliphatic carboxylic acids is 2. The molecule has 2 aromatic rings. The van der Waals surface area contributed by atoms with Gasteiger partial charge in [-0.1, -0.05) is 6.07 Å². The number of carboxylic acid groups (broad SMARTS) is 2. The second-order valence-corrected chi connectivity index (χ2v) is 6.43. The lowest BCUT2D eigenvalue weighted by atomic mass is 10.1. The van der Waals surface area contributed by atoms with Crippen molar-refractivity contribution < 1.29 is 38.9 Å². The van der Waals surface area contributed by atoms with Gasteiger partial charge in [0.05, 0.1) is 18.7 Å². The van der Waals surface area contributed by atoms with Gasteiger partial charge in [-0.15, -0.1) is 0 Å². The van der Waals surface area contributed by atoms with Gasteiger partial charge in [0.15, 0.2) is 30.5 Å². The summed E-state index contributed by atoms with van der Waals surface area (Å²) in [5, 5.41) is 17.5. The Hall–Kier alpha value is -4.15. The third-order valence-electron chi connectivity index (χ3n) is 3.94. The van der Waals surface area contributed by atoms with Crippen LogP contribution in [0.5, 0.6) is 11.5 Å². The molecule has 1 amide bonds. The fourth-order valence-electron chi connectivity index (χ4n) is 2.47. The van der Waals surface area contributed by atoms with Crippen LogP contribution in [0.4, 0.5) is 5.82 Å². The second-order valence-electron chi connectivity index (χ2n) is 6.43. The molecule has 4 N–H and O–H groups in total. The number of pyridine rings is 1. The first kappa shape index (κ1) is 23.1. The van der Waals surface area contributed by atoms with Gasteiger partial charge in [-0.2, -0.15) is 0 Å². The van der Waals surface area contributed by atoms with Crippen LogP contribution in [0, 0.1) is 0 Å². The Balaban J connectivity index is 2.09. The molecule has 11 nitrogen and oxygen atoms in total. The summed E-state index contributed by atoms with van der Waals surface area (Å²) in [7, 11) is 1.46. The lowest BCUT2D eigenvalue weighted by Crippen LogP contribution is -2.33. The Morgan fingerprint density at radius 2 is 1.65 bits per heavy atom. The first-order valence-electron chi connectivity index (χ1n) is 8.97. The minimum Gasteiger partial charge on any atom is -0.479 e. The van der Waals surface area contributed by atoms with Gasteiger partial charge in [0, 0.05) is 12.6 Å². The maximum Gasteiger partial charge on any atom is 0.341 e. The van der Waals surface area contributed by atoms with Crippen LogP contribution in [0.3, 0.4) is 0 Å². The van der Waals surface area contributed by atoms with Crippen molar-refractivity contribution in [3.63, 3.8) is 0 Å². The van der Waals surface area contributed by atoms with Gasteiger partial charge in [-0.05, 0) is 30.3 Å². The van der Waals surface area contributed by atoms with Crippen LogP contribution in [0.15, 0.2) is 36.4 Å². The Kier molecular flexibility index (Phi) is 7.89. The highest BCUT2D eigenvalue weighted by molar-refractivity contribution is 6.00. The van der Waals surface area contributed by atoms with E-state index >= 15 is 0 Å². The van der Waals surface area contributed by atoms with E-state index in [0.717, 1.165) is 0 Å². The van der Waals surface area contributed by atoms with Gasteiger partial charge < -0.3 is 30.3 Å². The smallest absolute Gasteiger partial charge is 0.341 e. The summed E-state index contributed by atoms with van der Waals surface area (Å²) in [6, 6.07) is 8.81. The van der Waals surface area contributed by atoms with Crippen molar-refractivity contribution >= 4 is 29.4 Å². The van der Waals surface area contributed by atoms with Crippen molar-refractivity contribution in [2.75, 3.05) is 32.5 Å². The van der Waals surface area contributed by atoms with Crippen molar-refractivity contribution in [3.05, 3.63) is 47.7 Å². The maximum atomic E-state index is 12.6. The van der Waals surface area contributed by atoms with Crippen molar-refractivity contribution in [1.82, 2.24) is 9.88 Å². The van der Waals surface area contributed by atoms with E-state index in [1.807, 2.05) is 0 Å². The molecule has 0 saturated carbocycles. The summed E-state index contributed by atoms with van der Waals surface area (Å²) < 4.78 is 10.1. The predicted molar refractivity (Wildman–Crippen MR) is 107 cm³/mol. The topological polar surface area (TPSA) is 169 Å². The zero-order chi connectivity index (χ0) is 23.0. The van der Waals surface area contributed by atoms with Gasteiger partial charge in [-0.3, -0.25) is 9.59 Å². The molecule has 1 heterocycles. The van der Waals surface area contributed by atoms with Crippen LogP contribution in [0.2, 0.25) is 0 Å². The molecule has 0 radical (unpaired) electrons. The lowest BCUT2D eigenvalue weighted by molar-refractivity contribution is -0.140. The average Bonchev–Trinajstić information content (AvgIpc) is 2.70. The standard InChI is InChI=1S/C20H21N3O8/c1-23(18(25)8-13-3-2-4-17(21)22-13)9-14(24)12-5-6-15(30-10-19(26)27)16(7-12)31-11-20(28)29/h2-7H,8-11H2,1H3,(H2,21,22)(H,26,27)(H,28,29). The number of ether oxygens (including phenoxy) is 2. The number of aromatic nitrogens is 1. The number of anilines is 1. The van der Waals surface area contributed by atoms with Crippen molar-refractivity contribution in [3.8, 4) is 11.5 Å². The number of Topliss-reactive ketones (excluding diaryl/α,β-unsaturated/α-hetero) is 1. The zero-order valence-corrected chi connectivity index (χ0v) is 16.6. The molecule has 1 aromatic heterocycles. The molecule has 0 unspecified atom stereocenters. The molecule has 0 aliphatic carbocycles. The van der Waals surface area contributed by atoms with Gasteiger partial charge in [0.2, 0.25) is 5.91 Å². The third kappa shape index (κ3) is 7.31. The van der Waals surface area contributed by atoms with Crippen LogP contribution >= 0.6 is 0 Å². The van der Waals surface area contributed by atoms with E-state index in [1.54, 1.807) is 18.2 Å². The molecule has 1 aromatic carbocycles. The summed E-state index contributed by atoms with van der Waals surface area (Å²) in [6.07, 6.45) is -0.0379. The minimum atomic E-state index is -1.26. The number of carboxylic acids is 2. The van der Waals surface area contributed by atoms with Gasteiger partial charge in [-0.25, -0.2) is 14.6 Å². The molecular formula is C20H21N3O8. The number of nitrogens with zero attached hydrogens (tertiary/aromatic N) is 2. The largest absolute Gasteiger partial charge is 0.479 e. The van der Waals surface area contributed by atoms with Gasteiger partial charge >= 0.3 is 11.9 Å². The predicted octanol–water partition coefficient (Wildman–Crippen LogP) is 0.474. The average molecular weight is 431 g/mol. The zero-order valence-electron chi connectivity index (χ0n) is 16.6. The van der Waals surface area contributed by atoms with Crippen LogP contribution < -0.4 is 15.2 Å². The Morgan fingerprint density at radius 1 is 1.00 bits per heavy atom. The molecule has 31 heavy (non-hydrogen) atoms. The van der Waals surface area contributed by atoms with E-state index in [-0.39, 0.29) is 41.8 Å². The van der Waals surface area contributed by atoms with Crippen LogP contribution in [-0.4, -0.2) is 70.5 Å². The van der Waals surface area contributed by atoms with E-state index in [2.05, 4.69) is 4.98 Å². The highest BCUT2D eigenvalue weighted by Gasteiger charge is 2.18. The van der Waals surface area contributed by atoms with Gasteiger partial charge in [0.1, 0.15) is 5.82 Å². The Morgan fingerprint density at radius 3 is 2.26 bits per heavy atom. The summed E-state index contributed by atoms with van der Waals surface area (Å²) in [6.45, 7) is -1.65. The molecule has 0 saturated heterocycles. The van der Waals surface area contributed by atoms with Crippen molar-refractivity contribution in [1.29, 1.82) is 0 Å². The number of hydrogen-bond donors (Lipinski definition) is 3. The number of likely N-dealkylation sites (N-methyl/N-ethyl adjacent to an activating group) is 1. The molecule has 0 aliphatic heterocycles. The number of nitrogen functional groups attached to an aromatic ring is 1. The fraction of sp³-hybridized carbons (Fsp3) is 0.250. The molecule has 2 rings (SSSR count). The molecule has 0 fully saturated rings. The number of benzene rings is 1. The number of nitrogens with two attached hydrogens (primary N) is 1. The molecule has 11 heteroatoms. The van der Waals surface area contributed by atoms with E-state index in [9.17, 15) is 19.2 Å². The first-order chi connectivity index (χ1) is 14.7. The SMILES string of the molecule is CN(CC(=O)c1ccc(OCC(=O)O)c(OCC(=O)O)c1)C(=O)Cc1cccc(N)n1. The fourth-order valence-corrected chi connectivity index (χ4v) is 2.47.